The maximum atomic E-state index is 11.8. The minimum atomic E-state index is -0.617. The Morgan fingerprint density at radius 2 is 2.05 bits per heavy atom. The first kappa shape index (κ1) is 14.8. The molecule has 1 saturated heterocycles. The van der Waals surface area contributed by atoms with Gasteiger partial charge in [0.2, 0.25) is 0 Å². The van der Waals surface area contributed by atoms with Crippen molar-refractivity contribution in [3.63, 3.8) is 0 Å². The third kappa shape index (κ3) is 3.69. The van der Waals surface area contributed by atoms with Crippen molar-refractivity contribution in [3.8, 4) is 0 Å². The minimum absolute atomic E-state index is 0.161. The summed E-state index contributed by atoms with van der Waals surface area (Å²) in [4.78, 5) is 14.1. The number of rotatable bonds is 5. The number of methoxy groups -OCH3 is 1. The predicted octanol–water partition coefficient (Wildman–Crippen LogP) is 0.435. The van der Waals surface area contributed by atoms with Gasteiger partial charge in [-0.25, -0.2) is 0 Å². The lowest BCUT2D eigenvalue weighted by Gasteiger charge is -2.29. The number of ether oxygens (including phenoxy) is 2. The van der Waals surface area contributed by atoms with Gasteiger partial charge in [0.25, 0.3) is 5.91 Å². The lowest BCUT2D eigenvalue weighted by atomic mass is 10.2. The lowest BCUT2D eigenvalue weighted by Crippen LogP contribution is -2.36. The van der Waals surface area contributed by atoms with Crippen molar-refractivity contribution in [2.75, 3.05) is 50.2 Å². The van der Waals surface area contributed by atoms with Gasteiger partial charge in [-0.2, -0.15) is 0 Å². The number of morpholine rings is 1. The molecule has 1 unspecified atom stereocenters. The van der Waals surface area contributed by atoms with Crippen molar-refractivity contribution >= 4 is 17.3 Å². The fourth-order valence-electron chi connectivity index (χ4n) is 2.11. The molecule has 1 aromatic rings. The number of benzene rings is 1. The van der Waals surface area contributed by atoms with Crippen LogP contribution in [0.4, 0.5) is 11.4 Å². The Hall–Kier alpha value is -1.63. The van der Waals surface area contributed by atoms with Crippen molar-refractivity contribution < 1.29 is 14.3 Å². The zero-order valence-electron chi connectivity index (χ0n) is 11.7. The average molecular weight is 279 g/mol. The normalized spacial score (nSPS) is 16.8. The van der Waals surface area contributed by atoms with E-state index in [9.17, 15) is 4.79 Å². The van der Waals surface area contributed by atoms with Crippen LogP contribution in [-0.4, -0.2) is 52.0 Å². The van der Waals surface area contributed by atoms with Crippen molar-refractivity contribution in [2.24, 2.45) is 5.73 Å². The molecule has 0 aromatic heterocycles. The number of hydrogen-bond acceptors (Lipinski definition) is 5. The Kier molecular flexibility index (Phi) is 5.34. The molecule has 2 rings (SSSR count). The number of amides is 1. The van der Waals surface area contributed by atoms with Crippen LogP contribution < -0.4 is 16.0 Å². The molecule has 3 N–H and O–H groups in total. The quantitative estimate of drug-likeness (QED) is 0.817. The Labute approximate surface area is 118 Å². The average Bonchev–Trinajstić information content (AvgIpc) is 2.50. The fraction of sp³-hybridized carbons (Fsp3) is 0.500. The highest BCUT2D eigenvalue weighted by atomic mass is 16.5. The Balaban J connectivity index is 1.95. The maximum Gasteiger partial charge on any atom is 0.254 e. The summed E-state index contributed by atoms with van der Waals surface area (Å²) in [5.74, 6) is -0.228. The SMILES string of the molecule is COC(CN)C(=O)Nc1ccc(N2CCOCC2)cc1. The smallest absolute Gasteiger partial charge is 0.254 e. The van der Waals surface area contributed by atoms with Gasteiger partial charge < -0.3 is 25.4 Å². The molecule has 1 aromatic carbocycles. The van der Waals surface area contributed by atoms with E-state index in [1.807, 2.05) is 24.3 Å². The number of nitrogens with zero attached hydrogens (tertiary/aromatic N) is 1. The van der Waals surface area contributed by atoms with Gasteiger partial charge in [0, 0.05) is 38.1 Å². The van der Waals surface area contributed by atoms with E-state index in [4.69, 9.17) is 15.2 Å². The third-order valence-corrected chi connectivity index (χ3v) is 3.30. The van der Waals surface area contributed by atoms with Crippen LogP contribution >= 0.6 is 0 Å². The molecule has 1 aliphatic heterocycles. The molecule has 0 saturated carbocycles. The van der Waals surface area contributed by atoms with Gasteiger partial charge in [0.05, 0.1) is 13.2 Å². The van der Waals surface area contributed by atoms with Crippen molar-refractivity contribution in [3.05, 3.63) is 24.3 Å². The molecule has 6 heteroatoms. The highest BCUT2D eigenvalue weighted by molar-refractivity contribution is 5.94. The fourth-order valence-corrected chi connectivity index (χ4v) is 2.11. The summed E-state index contributed by atoms with van der Waals surface area (Å²) < 4.78 is 10.3. The van der Waals surface area contributed by atoms with E-state index in [1.165, 1.54) is 7.11 Å². The van der Waals surface area contributed by atoms with Crippen molar-refractivity contribution in [2.45, 2.75) is 6.10 Å². The minimum Gasteiger partial charge on any atom is -0.378 e. The summed E-state index contributed by atoms with van der Waals surface area (Å²) in [7, 11) is 1.47. The summed E-state index contributed by atoms with van der Waals surface area (Å²) in [6, 6.07) is 7.74. The van der Waals surface area contributed by atoms with Crippen LogP contribution in [-0.2, 0) is 14.3 Å². The molecule has 1 amide bonds. The number of nitrogens with two attached hydrogens (primary N) is 1. The van der Waals surface area contributed by atoms with Crippen LogP contribution in [0, 0.1) is 0 Å². The second-order valence-corrected chi connectivity index (χ2v) is 4.60. The van der Waals surface area contributed by atoms with Crippen LogP contribution in [0.1, 0.15) is 0 Å². The van der Waals surface area contributed by atoms with Gasteiger partial charge in [0.15, 0.2) is 0 Å². The van der Waals surface area contributed by atoms with E-state index in [-0.39, 0.29) is 12.5 Å². The van der Waals surface area contributed by atoms with Gasteiger partial charge >= 0.3 is 0 Å². The highest BCUT2D eigenvalue weighted by Gasteiger charge is 2.16. The van der Waals surface area contributed by atoms with Crippen LogP contribution in [0.3, 0.4) is 0 Å². The summed E-state index contributed by atoms with van der Waals surface area (Å²) in [6.07, 6.45) is -0.617. The molecule has 0 spiro atoms. The van der Waals surface area contributed by atoms with E-state index in [1.54, 1.807) is 0 Å². The highest BCUT2D eigenvalue weighted by Crippen LogP contribution is 2.19. The molecule has 1 fully saturated rings. The second kappa shape index (κ2) is 7.23. The van der Waals surface area contributed by atoms with Gasteiger partial charge in [-0.3, -0.25) is 4.79 Å². The molecule has 20 heavy (non-hydrogen) atoms. The zero-order valence-corrected chi connectivity index (χ0v) is 11.7. The number of hydrogen-bond donors (Lipinski definition) is 2. The van der Waals surface area contributed by atoms with E-state index >= 15 is 0 Å². The van der Waals surface area contributed by atoms with Gasteiger partial charge in [-0.15, -0.1) is 0 Å². The summed E-state index contributed by atoms with van der Waals surface area (Å²) in [5, 5.41) is 2.79. The first-order chi connectivity index (χ1) is 9.74. The largest absolute Gasteiger partial charge is 0.378 e. The Morgan fingerprint density at radius 1 is 1.40 bits per heavy atom. The monoisotopic (exact) mass is 279 g/mol. The summed E-state index contributed by atoms with van der Waals surface area (Å²) in [5.41, 5.74) is 7.33. The van der Waals surface area contributed by atoms with Crippen LogP contribution in [0.5, 0.6) is 0 Å². The first-order valence-electron chi connectivity index (χ1n) is 6.71. The van der Waals surface area contributed by atoms with E-state index in [2.05, 4.69) is 10.2 Å². The predicted molar refractivity (Wildman–Crippen MR) is 78.0 cm³/mol. The topological polar surface area (TPSA) is 76.8 Å². The first-order valence-corrected chi connectivity index (χ1v) is 6.71. The molecule has 0 radical (unpaired) electrons. The lowest BCUT2D eigenvalue weighted by molar-refractivity contribution is -0.125. The molecular weight excluding hydrogens is 258 g/mol. The molecular formula is C14H21N3O3. The Bertz CT molecular complexity index is 426. The molecule has 6 nitrogen and oxygen atoms in total. The standard InChI is InChI=1S/C14H21N3O3/c1-19-13(10-15)14(18)16-11-2-4-12(5-3-11)17-6-8-20-9-7-17/h2-5,13H,6-10,15H2,1H3,(H,16,18). The summed E-state index contributed by atoms with van der Waals surface area (Å²) >= 11 is 0. The van der Waals surface area contributed by atoms with Crippen molar-refractivity contribution in [1.82, 2.24) is 0 Å². The van der Waals surface area contributed by atoms with Gasteiger partial charge in [0.1, 0.15) is 6.10 Å². The van der Waals surface area contributed by atoms with Crippen LogP contribution in [0.2, 0.25) is 0 Å². The molecule has 110 valence electrons. The molecule has 1 aliphatic rings. The van der Waals surface area contributed by atoms with E-state index < -0.39 is 6.10 Å². The number of anilines is 2. The van der Waals surface area contributed by atoms with E-state index in [0.29, 0.717) is 0 Å². The molecule has 1 heterocycles. The number of carbonyl (C=O) groups excluding carboxylic acids is 1. The van der Waals surface area contributed by atoms with Crippen LogP contribution in [0.15, 0.2) is 24.3 Å². The molecule has 1 atom stereocenters. The number of nitrogens with one attached hydrogen (secondary N) is 1. The third-order valence-electron chi connectivity index (χ3n) is 3.30. The maximum absolute atomic E-state index is 11.8. The number of carbonyl (C=O) groups is 1. The van der Waals surface area contributed by atoms with Crippen molar-refractivity contribution in [1.29, 1.82) is 0 Å². The van der Waals surface area contributed by atoms with Crippen LogP contribution in [0.25, 0.3) is 0 Å². The van der Waals surface area contributed by atoms with E-state index in [0.717, 1.165) is 37.7 Å². The molecule has 0 bridgehead atoms. The summed E-state index contributed by atoms with van der Waals surface area (Å²) in [6.45, 7) is 3.46. The zero-order chi connectivity index (χ0) is 14.4. The molecule has 0 aliphatic carbocycles. The van der Waals surface area contributed by atoms with Gasteiger partial charge in [-0.1, -0.05) is 0 Å². The van der Waals surface area contributed by atoms with Gasteiger partial charge in [-0.05, 0) is 24.3 Å². The Morgan fingerprint density at radius 3 is 2.60 bits per heavy atom. The second-order valence-electron chi connectivity index (χ2n) is 4.60.